The van der Waals surface area contributed by atoms with E-state index >= 15 is 0 Å². The van der Waals surface area contributed by atoms with Crippen LogP contribution in [0, 0.1) is 0 Å². The summed E-state index contributed by atoms with van der Waals surface area (Å²) < 4.78 is 0. The summed E-state index contributed by atoms with van der Waals surface area (Å²) in [5, 5.41) is 6.34. The normalized spacial score (nSPS) is 24.0. The Hall–Kier alpha value is 0.999. The molecule has 0 aromatic heterocycles. The van der Waals surface area contributed by atoms with E-state index in [0.717, 1.165) is 26.3 Å². The third kappa shape index (κ3) is 2.73. The van der Waals surface area contributed by atoms with Gasteiger partial charge in [-0.1, -0.05) is 0 Å². The maximum atomic E-state index is 3.38. The Morgan fingerprint density at radius 2 is 1.57 bits per heavy atom. The van der Waals surface area contributed by atoms with Gasteiger partial charge in [0.05, 0.1) is 0 Å². The fraction of sp³-hybridized carbons (Fsp3) is 1.00. The molecule has 1 nitrogen and oxygen atoms in total. The number of nitrogens with one attached hydrogen (secondary N) is 1. The predicted octanol–water partition coefficient (Wildman–Crippen LogP) is -0.250. The van der Waals surface area contributed by atoms with E-state index in [1.165, 1.54) is 23.7 Å². The zero-order valence-electron chi connectivity index (χ0n) is 4.14. The van der Waals surface area contributed by atoms with Crippen molar-refractivity contribution >= 4 is 26.3 Å². The van der Waals surface area contributed by atoms with Gasteiger partial charge in [0.15, 0.2) is 0 Å². The molecule has 0 unspecified atom stereocenters. The molecule has 0 aromatic rings. The van der Waals surface area contributed by atoms with Crippen LogP contribution in [0.1, 0.15) is 0 Å². The van der Waals surface area contributed by atoms with Crippen LogP contribution in [-0.4, -0.2) is 39.4 Å². The van der Waals surface area contributed by atoms with Crippen molar-refractivity contribution in [3.63, 3.8) is 0 Å². The van der Waals surface area contributed by atoms with E-state index < -0.39 is 0 Å². The van der Waals surface area contributed by atoms with Gasteiger partial charge in [0, 0.05) is 0 Å². The summed E-state index contributed by atoms with van der Waals surface area (Å²) in [6.07, 6.45) is 0. The molecule has 0 atom stereocenters. The van der Waals surface area contributed by atoms with Crippen LogP contribution in [0.5, 0.6) is 0 Å². The van der Waals surface area contributed by atoms with Crippen molar-refractivity contribution in [2.45, 2.75) is 10.6 Å². The van der Waals surface area contributed by atoms with Gasteiger partial charge >= 0.3 is 55.3 Å². The van der Waals surface area contributed by atoms with Crippen molar-refractivity contribution in [3.05, 3.63) is 0 Å². The quantitative estimate of drug-likeness (QED) is 0.565. The predicted molar refractivity (Wildman–Crippen MR) is 34.0 cm³/mol. The Morgan fingerprint density at radius 1 is 1.00 bits per heavy atom. The van der Waals surface area contributed by atoms with Crippen molar-refractivity contribution in [2.75, 3.05) is 13.1 Å². The average molecular weight is 229 g/mol. The fourth-order valence-electron chi connectivity index (χ4n) is 0.471. The molecule has 7 heavy (non-hydrogen) atoms. The van der Waals surface area contributed by atoms with Crippen LogP contribution in [0.15, 0.2) is 0 Å². The minimum absolute atomic E-state index is 1.04. The number of hydrogen-bond donors (Lipinski definition) is 1. The van der Waals surface area contributed by atoms with E-state index in [-0.39, 0.29) is 0 Å². The van der Waals surface area contributed by atoms with Gasteiger partial charge < -0.3 is 0 Å². The SMILES string of the molecule is C1C[Se][Se]CCN1. The average Bonchev–Trinajstić information content (AvgIpc) is 1.90. The van der Waals surface area contributed by atoms with Crippen LogP contribution in [0.4, 0.5) is 0 Å². The Bertz CT molecular complexity index is 29.3. The number of hydrogen-bond acceptors (Lipinski definition) is 1. The monoisotopic (exact) mass is 231 g/mol. The Labute approximate surface area is 55.5 Å². The molecule has 0 saturated carbocycles. The van der Waals surface area contributed by atoms with Crippen LogP contribution in [0.25, 0.3) is 0 Å². The van der Waals surface area contributed by atoms with E-state index in [0.29, 0.717) is 0 Å². The van der Waals surface area contributed by atoms with Crippen molar-refractivity contribution in [2.24, 2.45) is 0 Å². The maximum absolute atomic E-state index is 3.38. The summed E-state index contributed by atoms with van der Waals surface area (Å²) in [6, 6.07) is 0. The molecule has 42 valence electrons. The molecule has 1 rings (SSSR count). The summed E-state index contributed by atoms with van der Waals surface area (Å²) in [5.41, 5.74) is 0. The molecule has 0 aliphatic carbocycles. The molecule has 1 N–H and O–H groups in total. The standard InChI is InChI=1S/C4H9NSe2/c1-3-6-7-4-2-5-1/h5H,1-4H2. The molecule has 0 bridgehead atoms. The Balaban J connectivity index is 2.04. The molecule has 3 heteroatoms. The van der Waals surface area contributed by atoms with Crippen molar-refractivity contribution in [1.82, 2.24) is 5.32 Å². The zero-order valence-corrected chi connectivity index (χ0v) is 7.57. The van der Waals surface area contributed by atoms with Crippen LogP contribution in [0.2, 0.25) is 10.6 Å². The molecule has 0 radical (unpaired) electrons. The first-order valence-corrected chi connectivity index (χ1v) is 9.21. The van der Waals surface area contributed by atoms with Gasteiger partial charge in [-0.15, -0.1) is 0 Å². The van der Waals surface area contributed by atoms with E-state index in [4.69, 9.17) is 0 Å². The van der Waals surface area contributed by atoms with Crippen molar-refractivity contribution in [3.8, 4) is 0 Å². The van der Waals surface area contributed by atoms with Crippen molar-refractivity contribution < 1.29 is 0 Å². The fourth-order valence-corrected chi connectivity index (χ4v) is 6.31. The molecule has 1 heterocycles. The molecular weight excluding hydrogens is 220 g/mol. The van der Waals surface area contributed by atoms with E-state index in [9.17, 15) is 0 Å². The summed E-state index contributed by atoms with van der Waals surface area (Å²) in [4.78, 5) is 0. The molecule has 0 aromatic carbocycles. The van der Waals surface area contributed by atoms with Gasteiger partial charge in [-0.05, 0) is 0 Å². The first-order chi connectivity index (χ1) is 3.50. The topological polar surface area (TPSA) is 12.0 Å². The Morgan fingerprint density at radius 3 is 2.14 bits per heavy atom. The van der Waals surface area contributed by atoms with Gasteiger partial charge in [-0.25, -0.2) is 0 Å². The summed E-state index contributed by atoms with van der Waals surface area (Å²) in [6.45, 7) is 2.59. The van der Waals surface area contributed by atoms with Gasteiger partial charge in [0.1, 0.15) is 0 Å². The summed E-state index contributed by atoms with van der Waals surface area (Å²) in [5.74, 6) is 0. The van der Waals surface area contributed by atoms with E-state index in [1.54, 1.807) is 0 Å². The molecule has 1 aliphatic heterocycles. The van der Waals surface area contributed by atoms with Crippen molar-refractivity contribution in [1.29, 1.82) is 0 Å². The second-order valence-corrected chi connectivity index (χ2v) is 9.24. The molecule has 1 fully saturated rings. The van der Waals surface area contributed by atoms with Gasteiger partial charge in [0.2, 0.25) is 0 Å². The summed E-state index contributed by atoms with van der Waals surface area (Å²) in [7, 11) is 0. The first-order valence-electron chi connectivity index (χ1n) is 2.45. The van der Waals surface area contributed by atoms with E-state index in [1.807, 2.05) is 0 Å². The van der Waals surface area contributed by atoms with E-state index in [2.05, 4.69) is 5.32 Å². The molecule has 1 aliphatic rings. The van der Waals surface area contributed by atoms with Gasteiger partial charge in [0.25, 0.3) is 0 Å². The van der Waals surface area contributed by atoms with Crippen LogP contribution < -0.4 is 5.32 Å². The number of rotatable bonds is 0. The first kappa shape index (κ1) is 6.12. The third-order valence-electron chi connectivity index (χ3n) is 0.808. The van der Waals surface area contributed by atoms with Crippen LogP contribution >= 0.6 is 0 Å². The van der Waals surface area contributed by atoms with Crippen LogP contribution in [-0.2, 0) is 0 Å². The second kappa shape index (κ2) is 3.94. The van der Waals surface area contributed by atoms with Crippen LogP contribution in [0.3, 0.4) is 0 Å². The minimum atomic E-state index is 1.04. The zero-order chi connectivity index (χ0) is 4.95. The third-order valence-corrected chi connectivity index (χ3v) is 8.16. The van der Waals surface area contributed by atoms with Gasteiger partial charge in [-0.3, -0.25) is 0 Å². The Kier molecular flexibility index (Phi) is 3.44. The summed E-state index contributed by atoms with van der Waals surface area (Å²) >= 11 is 2.08. The molecule has 1 saturated heterocycles. The second-order valence-electron chi connectivity index (χ2n) is 1.39. The molecule has 0 amide bonds. The van der Waals surface area contributed by atoms with Gasteiger partial charge in [-0.2, -0.15) is 0 Å². The molecular formula is C4H9NSe2. The molecule has 0 spiro atoms.